The molecule has 2 aromatic carbocycles. The van der Waals surface area contributed by atoms with E-state index in [4.69, 9.17) is 5.73 Å². The summed E-state index contributed by atoms with van der Waals surface area (Å²) in [6.07, 6.45) is -4.66. The number of nitrogens with one attached hydrogen (secondary N) is 1. The molecular weight excluding hydrogens is 325 g/mol. The second kappa shape index (κ2) is 6.23. The van der Waals surface area contributed by atoms with Crippen molar-refractivity contribution in [3.05, 3.63) is 53.1 Å². The van der Waals surface area contributed by atoms with Crippen LogP contribution in [0.1, 0.15) is 21.5 Å². The van der Waals surface area contributed by atoms with Gasteiger partial charge in [-0.1, -0.05) is 30.3 Å². The van der Waals surface area contributed by atoms with Crippen LogP contribution in [0.2, 0.25) is 0 Å². The lowest BCUT2D eigenvalue weighted by Crippen LogP contribution is -2.22. The van der Waals surface area contributed by atoms with Crippen molar-refractivity contribution in [2.24, 2.45) is 5.73 Å². The molecule has 0 aliphatic carbocycles. The van der Waals surface area contributed by atoms with Crippen LogP contribution >= 0.6 is 0 Å². The molecule has 0 spiro atoms. The highest BCUT2D eigenvalue weighted by molar-refractivity contribution is 6.06. The maximum absolute atomic E-state index is 13.2. The highest BCUT2D eigenvalue weighted by Crippen LogP contribution is 2.40. The van der Waals surface area contributed by atoms with Gasteiger partial charge >= 0.3 is 18.2 Å². The first-order valence-electron chi connectivity index (χ1n) is 6.73. The number of benzene rings is 2. The number of amides is 2. The van der Waals surface area contributed by atoms with Crippen LogP contribution in [-0.4, -0.2) is 17.1 Å². The zero-order valence-corrected chi connectivity index (χ0v) is 12.4. The third-order valence-corrected chi connectivity index (χ3v) is 3.40. The first kappa shape index (κ1) is 17.3. The highest BCUT2D eigenvalue weighted by atomic mass is 19.4. The average molecular weight is 338 g/mol. The first-order chi connectivity index (χ1) is 11.1. The summed E-state index contributed by atoms with van der Waals surface area (Å²) in [5.41, 5.74) is 3.37. The van der Waals surface area contributed by atoms with E-state index in [1.807, 2.05) is 0 Å². The van der Waals surface area contributed by atoms with Gasteiger partial charge in [0.15, 0.2) is 0 Å². The Labute approximate surface area is 134 Å². The Bertz CT molecular complexity index is 817. The smallest absolute Gasteiger partial charge is 0.417 e. The average Bonchev–Trinajstić information content (AvgIpc) is 2.47. The number of rotatable bonds is 3. The zero-order chi connectivity index (χ0) is 18.1. The molecular formula is C16H13F3N2O3. The topological polar surface area (TPSA) is 92.4 Å². The zero-order valence-electron chi connectivity index (χ0n) is 12.4. The van der Waals surface area contributed by atoms with Gasteiger partial charge in [0.25, 0.3) is 0 Å². The molecule has 0 atom stereocenters. The third kappa shape index (κ3) is 3.32. The molecule has 0 fully saturated rings. The Balaban J connectivity index is 2.82. The van der Waals surface area contributed by atoms with Crippen LogP contribution in [0.5, 0.6) is 0 Å². The van der Waals surface area contributed by atoms with Gasteiger partial charge in [-0.05, 0) is 29.7 Å². The molecule has 0 aliphatic heterocycles. The van der Waals surface area contributed by atoms with Crippen LogP contribution in [-0.2, 0) is 6.18 Å². The highest BCUT2D eigenvalue weighted by Gasteiger charge is 2.34. The molecule has 0 radical (unpaired) electrons. The molecule has 4 N–H and O–H groups in total. The molecule has 0 heterocycles. The molecule has 2 amide bonds. The van der Waals surface area contributed by atoms with E-state index in [2.05, 4.69) is 5.32 Å². The molecule has 0 unspecified atom stereocenters. The van der Waals surface area contributed by atoms with Gasteiger partial charge in [-0.2, -0.15) is 13.2 Å². The van der Waals surface area contributed by atoms with E-state index in [0.717, 1.165) is 6.07 Å². The second-order valence-electron chi connectivity index (χ2n) is 5.02. The normalized spacial score (nSPS) is 11.2. The van der Waals surface area contributed by atoms with E-state index in [-0.39, 0.29) is 16.8 Å². The van der Waals surface area contributed by atoms with Crippen molar-refractivity contribution in [2.45, 2.75) is 13.1 Å². The summed E-state index contributed by atoms with van der Waals surface area (Å²) >= 11 is 0. The molecule has 8 heteroatoms. The number of alkyl halides is 3. The lowest BCUT2D eigenvalue weighted by atomic mass is 9.92. The maximum Gasteiger partial charge on any atom is 0.417 e. The largest absolute Gasteiger partial charge is 0.478 e. The van der Waals surface area contributed by atoms with Crippen LogP contribution in [0, 0.1) is 6.92 Å². The molecule has 5 nitrogen and oxygen atoms in total. The van der Waals surface area contributed by atoms with E-state index >= 15 is 0 Å². The number of hydrogen-bond donors (Lipinski definition) is 3. The molecule has 0 saturated carbocycles. The van der Waals surface area contributed by atoms with Crippen LogP contribution in [0.3, 0.4) is 0 Å². The number of nitrogens with two attached hydrogens (primary N) is 1. The number of urea groups is 1. The number of anilines is 1. The number of aryl methyl sites for hydroxylation is 1. The lowest BCUT2D eigenvalue weighted by molar-refractivity contribution is -0.137. The molecule has 0 aromatic heterocycles. The molecule has 0 bridgehead atoms. The minimum Gasteiger partial charge on any atom is -0.478 e. The van der Waals surface area contributed by atoms with Gasteiger partial charge in [-0.3, -0.25) is 0 Å². The standard InChI is InChI=1S/C16H13F3N2O3/c1-8-6-7-10(12(14(22)23)13(8)21-15(20)24)9-4-2-3-5-11(9)16(17,18)19/h2-7H,1H3,(H,22,23)(H3,20,21,24). The number of primary amides is 1. The summed E-state index contributed by atoms with van der Waals surface area (Å²) in [7, 11) is 0. The fourth-order valence-electron chi connectivity index (χ4n) is 2.40. The van der Waals surface area contributed by atoms with Crippen molar-refractivity contribution in [1.29, 1.82) is 0 Å². The second-order valence-corrected chi connectivity index (χ2v) is 5.02. The number of aromatic carboxylic acids is 1. The summed E-state index contributed by atoms with van der Waals surface area (Å²) in [5.74, 6) is -1.48. The lowest BCUT2D eigenvalue weighted by Gasteiger charge is -2.18. The Morgan fingerprint density at radius 2 is 1.71 bits per heavy atom. The molecule has 24 heavy (non-hydrogen) atoms. The predicted octanol–water partition coefficient (Wildman–Crippen LogP) is 3.87. The summed E-state index contributed by atoms with van der Waals surface area (Å²) < 4.78 is 39.7. The van der Waals surface area contributed by atoms with Crippen molar-refractivity contribution in [1.82, 2.24) is 0 Å². The van der Waals surface area contributed by atoms with Crippen LogP contribution < -0.4 is 11.1 Å². The predicted molar refractivity (Wildman–Crippen MR) is 81.8 cm³/mol. The summed E-state index contributed by atoms with van der Waals surface area (Å²) in [4.78, 5) is 22.7. The number of carboxylic acid groups (broad SMARTS) is 1. The van der Waals surface area contributed by atoms with Crippen molar-refractivity contribution >= 4 is 17.7 Å². The van der Waals surface area contributed by atoms with Crippen molar-refractivity contribution in [2.75, 3.05) is 5.32 Å². The molecule has 126 valence electrons. The molecule has 2 aromatic rings. The quantitative estimate of drug-likeness (QED) is 0.793. The summed E-state index contributed by atoms with van der Waals surface area (Å²) in [6.45, 7) is 1.51. The fraction of sp³-hybridized carbons (Fsp3) is 0.125. The third-order valence-electron chi connectivity index (χ3n) is 3.40. The number of carbonyl (C=O) groups is 2. The van der Waals surface area contributed by atoms with Crippen molar-refractivity contribution in [3.63, 3.8) is 0 Å². The minimum atomic E-state index is -4.66. The first-order valence-corrected chi connectivity index (χ1v) is 6.73. The molecule has 0 saturated heterocycles. The number of carboxylic acids is 1. The Hall–Kier alpha value is -3.03. The van der Waals surface area contributed by atoms with E-state index in [9.17, 15) is 27.9 Å². The van der Waals surface area contributed by atoms with Crippen LogP contribution in [0.15, 0.2) is 36.4 Å². The fourth-order valence-corrected chi connectivity index (χ4v) is 2.40. The Morgan fingerprint density at radius 1 is 1.08 bits per heavy atom. The minimum absolute atomic E-state index is 0.135. The summed E-state index contributed by atoms with van der Waals surface area (Å²) in [6, 6.07) is 6.30. The van der Waals surface area contributed by atoms with Crippen molar-refractivity contribution < 1.29 is 27.9 Å². The van der Waals surface area contributed by atoms with E-state index in [1.165, 1.54) is 37.3 Å². The van der Waals surface area contributed by atoms with Crippen LogP contribution in [0.4, 0.5) is 23.7 Å². The SMILES string of the molecule is Cc1ccc(-c2ccccc2C(F)(F)F)c(C(=O)O)c1NC(N)=O. The molecule has 0 aliphatic rings. The van der Waals surface area contributed by atoms with Gasteiger partial charge < -0.3 is 16.2 Å². The van der Waals surface area contributed by atoms with Gasteiger partial charge in [0.05, 0.1) is 16.8 Å². The van der Waals surface area contributed by atoms with Gasteiger partial charge in [0.2, 0.25) is 0 Å². The number of hydrogen-bond acceptors (Lipinski definition) is 2. The Kier molecular flexibility index (Phi) is 4.50. The summed E-state index contributed by atoms with van der Waals surface area (Å²) in [5, 5.41) is 11.6. The maximum atomic E-state index is 13.2. The Morgan fingerprint density at radius 3 is 2.25 bits per heavy atom. The van der Waals surface area contributed by atoms with Gasteiger partial charge in [-0.15, -0.1) is 0 Å². The van der Waals surface area contributed by atoms with E-state index < -0.39 is 29.3 Å². The number of halogens is 3. The van der Waals surface area contributed by atoms with Gasteiger partial charge in [0.1, 0.15) is 0 Å². The van der Waals surface area contributed by atoms with Crippen LogP contribution in [0.25, 0.3) is 11.1 Å². The monoisotopic (exact) mass is 338 g/mol. The van der Waals surface area contributed by atoms with Gasteiger partial charge in [0, 0.05) is 0 Å². The van der Waals surface area contributed by atoms with Crippen molar-refractivity contribution in [3.8, 4) is 11.1 Å². The van der Waals surface area contributed by atoms with E-state index in [1.54, 1.807) is 0 Å². The van der Waals surface area contributed by atoms with Gasteiger partial charge in [-0.25, -0.2) is 9.59 Å². The number of carbonyl (C=O) groups excluding carboxylic acids is 1. The molecule has 2 rings (SSSR count). The van der Waals surface area contributed by atoms with E-state index in [0.29, 0.717) is 5.56 Å².